The van der Waals surface area contributed by atoms with Crippen molar-refractivity contribution in [3.8, 4) is 0 Å². The lowest BCUT2D eigenvalue weighted by Crippen LogP contribution is -2.45. The van der Waals surface area contributed by atoms with Gasteiger partial charge < -0.3 is 15.8 Å². The maximum Gasteiger partial charge on any atom is 0.328 e. The van der Waals surface area contributed by atoms with Gasteiger partial charge in [-0.15, -0.1) is 0 Å². The fourth-order valence-electron chi connectivity index (χ4n) is 1.71. The molecule has 5 nitrogen and oxygen atoms in total. The number of carbonyl (C=O) groups excluding carboxylic acids is 2. The van der Waals surface area contributed by atoms with Gasteiger partial charge in [0.05, 0.1) is 13.2 Å². The number of hydrogen-bond donors (Lipinski definition) is 2. The van der Waals surface area contributed by atoms with Crippen molar-refractivity contribution in [3.05, 3.63) is 35.9 Å². The van der Waals surface area contributed by atoms with Crippen molar-refractivity contribution in [1.82, 2.24) is 5.32 Å². The highest BCUT2D eigenvalue weighted by atomic mass is 16.5. The van der Waals surface area contributed by atoms with E-state index in [1.807, 2.05) is 37.3 Å². The number of esters is 1. The molecule has 0 spiro atoms. The average Bonchev–Trinajstić information content (AvgIpc) is 2.47. The van der Waals surface area contributed by atoms with Crippen LogP contribution in [-0.2, 0) is 20.7 Å². The predicted molar refractivity (Wildman–Crippen MR) is 77.0 cm³/mol. The van der Waals surface area contributed by atoms with Gasteiger partial charge in [0.25, 0.3) is 0 Å². The SMILES string of the molecule is CCCCOC(=O)[C@H](Cc1ccccc1)NC(=O)CN. The Bertz CT molecular complexity index is 420. The molecule has 3 N–H and O–H groups in total. The zero-order valence-electron chi connectivity index (χ0n) is 11.8. The predicted octanol–water partition coefficient (Wildman–Crippen LogP) is 1.02. The van der Waals surface area contributed by atoms with Crippen molar-refractivity contribution in [2.45, 2.75) is 32.2 Å². The Morgan fingerprint density at radius 1 is 1.30 bits per heavy atom. The molecule has 20 heavy (non-hydrogen) atoms. The lowest BCUT2D eigenvalue weighted by molar-refractivity contribution is -0.147. The Balaban J connectivity index is 2.64. The van der Waals surface area contributed by atoms with E-state index < -0.39 is 12.0 Å². The Morgan fingerprint density at radius 3 is 2.60 bits per heavy atom. The molecule has 0 aliphatic heterocycles. The lowest BCUT2D eigenvalue weighted by Gasteiger charge is -2.17. The Hall–Kier alpha value is -1.88. The maximum atomic E-state index is 12.0. The van der Waals surface area contributed by atoms with Crippen molar-refractivity contribution in [3.63, 3.8) is 0 Å². The largest absolute Gasteiger partial charge is 0.464 e. The molecule has 1 amide bonds. The third kappa shape index (κ3) is 5.84. The number of benzene rings is 1. The highest BCUT2D eigenvalue weighted by Crippen LogP contribution is 2.05. The van der Waals surface area contributed by atoms with Gasteiger partial charge in [-0.05, 0) is 12.0 Å². The van der Waals surface area contributed by atoms with E-state index in [9.17, 15) is 9.59 Å². The van der Waals surface area contributed by atoms with Crippen molar-refractivity contribution in [2.75, 3.05) is 13.2 Å². The zero-order valence-corrected chi connectivity index (χ0v) is 11.8. The van der Waals surface area contributed by atoms with Crippen LogP contribution in [0.4, 0.5) is 0 Å². The third-order valence-corrected chi connectivity index (χ3v) is 2.83. The second-order valence-electron chi connectivity index (χ2n) is 4.53. The van der Waals surface area contributed by atoms with Gasteiger partial charge in [0, 0.05) is 6.42 Å². The fraction of sp³-hybridized carbons (Fsp3) is 0.467. The number of amides is 1. The molecule has 0 aliphatic rings. The first-order valence-electron chi connectivity index (χ1n) is 6.87. The highest BCUT2D eigenvalue weighted by molar-refractivity contribution is 5.85. The van der Waals surface area contributed by atoms with Crippen molar-refractivity contribution < 1.29 is 14.3 Å². The average molecular weight is 278 g/mol. The summed E-state index contributed by atoms with van der Waals surface area (Å²) in [5, 5.41) is 2.60. The molecule has 5 heteroatoms. The minimum atomic E-state index is -0.690. The van der Waals surface area contributed by atoms with E-state index in [2.05, 4.69) is 5.32 Å². The molecule has 0 saturated carbocycles. The van der Waals surface area contributed by atoms with E-state index in [1.165, 1.54) is 0 Å². The summed E-state index contributed by atoms with van der Waals surface area (Å²) in [5.74, 6) is -0.775. The van der Waals surface area contributed by atoms with Crippen molar-refractivity contribution in [1.29, 1.82) is 0 Å². The second-order valence-corrected chi connectivity index (χ2v) is 4.53. The third-order valence-electron chi connectivity index (χ3n) is 2.83. The molecule has 1 aromatic carbocycles. The van der Waals surface area contributed by atoms with Gasteiger partial charge in [-0.2, -0.15) is 0 Å². The van der Waals surface area contributed by atoms with Crippen molar-refractivity contribution in [2.24, 2.45) is 5.73 Å². The first-order chi connectivity index (χ1) is 9.67. The molecule has 0 saturated heterocycles. The van der Waals surface area contributed by atoms with Crippen LogP contribution in [-0.4, -0.2) is 31.1 Å². The molecule has 0 heterocycles. The van der Waals surface area contributed by atoms with Crippen LogP contribution in [0.5, 0.6) is 0 Å². The van der Waals surface area contributed by atoms with Crippen LogP contribution in [0.15, 0.2) is 30.3 Å². The normalized spacial score (nSPS) is 11.7. The number of unbranched alkanes of at least 4 members (excludes halogenated alkanes) is 1. The Morgan fingerprint density at radius 2 is 2.00 bits per heavy atom. The number of carbonyl (C=O) groups is 2. The number of hydrogen-bond acceptors (Lipinski definition) is 4. The number of nitrogens with two attached hydrogens (primary N) is 1. The molecule has 0 aromatic heterocycles. The minimum absolute atomic E-state index is 0.145. The number of rotatable bonds is 8. The van der Waals surface area contributed by atoms with Crippen LogP contribution in [0.3, 0.4) is 0 Å². The summed E-state index contributed by atoms with van der Waals surface area (Å²) < 4.78 is 5.17. The lowest BCUT2D eigenvalue weighted by atomic mass is 10.1. The summed E-state index contributed by atoms with van der Waals surface area (Å²) in [5.41, 5.74) is 6.23. The minimum Gasteiger partial charge on any atom is -0.464 e. The van der Waals surface area contributed by atoms with E-state index in [0.717, 1.165) is 18.4 Å². The topological polar surface area (TPSA) is 81.4 Å². The van der Waals surface area contributed by atoms with E-state index in [-0.39, 0.29) is 12.5 Å². The van der Waals surface area contributed by atoms with Crippen LogP contribution in [0, 0.1) is 0 Å². The standard InChI is InChI=1S/C15H22N2O3/c1-2-3-9-20-15(19)13(17-14(18)11-16)10-12-7-5-4-6-8-12/h4-8,13H,2-3,9-11,16H2,1H3,(H,17,18)/t13-/m0/s1. The van der Waals surface area contributed by atoms with Crippen LogP contribution >= 0.6 is 0 Å². The maximum absolute atomic E-state index is 12.0. The first kappa shape index (κ1) is 16.2. The van der Waals surface area contributed by atoms with Gasteiger partial charge >= 0.3 is 5.97 Å². The summed E-state index contributed by atoms with van der Waals surface area (Å²) in [6.45, 7) is 2.25. The Kier molecular flexibility index (Phi) is 7.35. The van der Waals surface area contributed by atoms with Crippen LogP contribution in [0.25, 0.3) is 0 Å². The molecule has 0 aliphatic carbocycles. The number of nitrogens with one attached hydrogen (secondary N) is 1. The molecule has 0 radical (unpaired) electrons. The molecule has 0 bridgehead atoms. The molecular formula is C15H22N2O3. The monoisotopic (exact) mass is 278 g/mol. The summed E-state index contributed by atoms with van der Waals surface area (Å²) in [7, 11) is 0. The molecule has 1 atom stereocenters. The molecule has 110 valence electrons. The molecular weight excluding hydrogens is 256 g/mol. The van der Waals surface area contributed by atoms with Crippen LogP contribution < -0.4 is 11.1 Å². The first-order valence-corrected chi connectivity index (χ1v) is 6.87. The second kappa shape index (κ2) is 9.09. The van der Waals surface area contributed by atoms with Crippen LogP contribution in [0.1, 0.15) is 25.3 Å². The van der Waals surface area contributed by atoms with E-state index in [4.69, 9.17) is 10.5 Å². The van der Waals surface area contributed by atoms with Crippen molar-refractivity contribution >= 4 is 11.9 Å². The van der Waals surface area contributed by atoms with Gasteiger partial charge in [0.2, 0.25) is 5.91 Å². The quantitative estimate of drug-likeness (QED) is 0.549. The van der Waals surface area contributed by atoms with E-state index in [1.54, 1.807) is 0 Å². The highest BCUT2D eigenvalue weighted by Gasteiger charge is 2.22. The van der Waals surface area contributed by atoms with Gasteiger partial charge in [-0.25, -0.2) is 4.79 Å². The smallest absolute Gasteiger partial charge is 0.328 e. The zero-order chi connectivity index (χ0) is 14.8. The van der Waals surface area contributed by atoms with Gasteiger partial charge in [0.1, 0.15) is 6.04 Å². The van der Waals surface area contributed by atoms with Gasteiger partial charge in [-0.1, -0.05) is 43.7 Å². The summed E-state index contributed by atoms with van der Waals surface area (Å²) >= 11 is 0. The van der Waals surface area contributed by atoms with E-state index in [0.29, 0.717) is 13.0 Å². The number of ether oxygens (including phenoxy) is 1. The molecule has 0 unspecified atom stereocenters. The van der Waals surface area contributed by atoms with Gasteiger partial charge in [0.15, 0.2) is 0 Å². The van der Waals surface area contributed by atoms with E-state index >= 15 is 0 Å². The molecule has 0 fully saturated rings. The summed E-state index contributed by atoms with van der Waals surface area (Å²) in [6, 6.07) is 8.79. The summed E-state index contributed by atoms with van der Waals surface area (Å²) in [6.07, 6.45) is 2.16. The molecule has 1 aromatic rings. The van der Waals surface area contributed by atoms with Gasteiger partial charge in [-0.3, -0.25) is 4.79 Å². The Labute approximate surface area is 119 Å². The fourth-order valence-corrected chi connectivity index (χ4v) is 1.71. The molecule has 1 rings (SSSR count). The summed E-state index contributed by atoms with van der Waals surface area (Å²) in [4.78, 5) is 23.4. The van der Waals surface area contributed by atoms with Crippen LogP contribution in [0.2, 0.25) is 0 Å².